The Kier molecular flexibility index (Phi) is 5.58. The Morgan fingerprint density at radius 3 is 2.56 bits per heavy atom. The molecule has 0 fully saturated rings. The van der Waals surface area contributed by atoms with Gasteiger partial charge in [0.15, 0.2) is 5.76 Å². The van der Waals surface area contributed by atoms with Crippen LogP contribution in [0.5, 0.6) is 5.75 Å². The van der Waals surface area contributed by atoms with E-state index in [1.54, 1.807) is 31.2 Å². The first-order valence-electron chi connectivity index (χ1n) is 8.12. The van der Waals surface area contributed by atoms with E-state index in [1.165, 1.54) is 12.1 Å². The molecular formula is C19H16Cl2N2O4. The number of rotatable bonds is 4. The summed E-state index contributed by atoms with van der Waals surface area (Å²) in [6.07, 6.45) is 0. The lowest BCUT2D eigenvalue weighted by molar-refractivity contribution is 0.0831. The molecule has 140 valence electrons. The van der Waals surface area contributed by atoms with Gasteiger partial charge in [-0.2, -0.15) is 0 Å². The summed E-state index contributed by atoms with van der Waals surface area (Å²) in [4.78, 5) is 24.6. The number of carbonyl (C=O) groups is 2. The fourth-order valence-electron chi connectivity index (χ4n) is 2.58. The highest BCUT2D eigenvalue weighted by molar-refractivity contribution is 6.35. The van der Waals surface area contributed by atoms with Gasteiger partial charge in [-0.05, 0) is 50.2 Å². The molecule has 0 spiro atoms. The number of hydrogen-bond acceptors (Lipinski definition) is 4. The van der Waals surface area contributed by atoms with Gasteiger partial charge < -0.3 is 9.15 Å². The Morgan fingerprint density at radius 2 is 1.81 bits per heavy atom. The molecule has 0 atom stereocenters. The molecule has 0 unspecified atom stereocenters. The zero-order chi connectivity index (χ0) is 19.6. The van der Waals surface area contributed by atoms with E-state index < -0.39 is 11.8 Å². The lowest BCUT2D eigenvalue weighted by atomic mass is 10.1. The maximum Gasteiger partial charge on any atom is 0.305 e. The minimum Gasteiger partial charge on any atom is -0.494 e. The normalized spacial score (nSPS) is 10.7. The molecule has 0 saturated carbocycles. The largest absolute Gasteiger partial charge is 0.494 e. The molecule has 0 aliphatic carbocycles. The smallest absolute Gasteiger partial charge is 0.305 e. The molecular weight excluding hydrogens is 391 g/mol. The monoisotopic (exact) mass is 406 g/mol. The van der Waals surface area contributed by atoms with Gasteiger partial charge in [-0.15, -0.1) is 0 Å². The molecule has 0 aliphatic rings. The summed E-state index contributed by atoms with van der Waals surface area (Å²) in [6, 6.07) is 9.77. The predicted molar refractivity (Wildman–Crippen MR) is 104 cm³/mol. The predicted octanol–water partition coefficient (Wildman–Crippen LogP) is 4.52. The molecule has 2 aromatic carbocycles. The summed E-state index contributed by atoms with van der Waals surface area (Å²) in [7, 11) is 0. The number of aryl methyl sites for hydroxylation is 1. The number of hydrazine groups is 1. The van der Waals surface area contributed by atoms with E-state index in [4.69, 9.17) is 32.4 Å². The lowest BCUT2D eigenvalue weighted by Crippen LogP contribution is -2.41. The van der Waals surface area contributed by atoms with E-state index in [2.05, 4.69) is 10.9 Å². The molecule has 3 aromatic rings. The van der Waals surface area contributed by atoms with Crippen LogP contribution in [0.4, 0.5) is 0 Å². The zero-order valence-electron chi connectivity index (χ0n) is 14.6. The van der Waals surface area contributed by atoms with Crippen molar-refractivity contribution in [3.8, 4) is 5.75 Å². The van der Waals surface area contributed by atoms with Gasteiger partial charge in [-0.1, -0.05) is 23.2 Å². The van der Waals surface area contributed by atoms with Crippen molar-refractivity contribution in [1.82, 2.24) is 10.9 Å². The molecule has 2 amide bonds. The number of furan rings is 1. The molecule has 6 nitrogen and oxygen atoms in total. The first-order chi connectivity index (χ1) is 12.9. The Labute approximate surface area is 165 Å². The highest BCUT2D eigenvalue weighted by Crippen LogP contribution is 2.29. The number of halogens is 2. The van der Waals surface area contributed by atoms with Crippen LogP contribution in [0.3, 0.4) is 0 Å². The van der Waals surface area contributed by atoms with Crippen molar-refractivity contribution in [2.24, 2.45) is 0 Å². The zero-order valence-corrected chi connectivity index (χ0v) is 16.1. The van der Waals surface area contributed by atoms with Crippen molar-refractivity contribution < 1.29 is 18.7 Å². The molecule has 0 radical (unpaired) electrons. The Balaban J connectivity index is 1.77. The quantitative estimate of drug-likeness (QED) is 0.624. The summed E-state index contributed by atoms with van der Waals surface area (Å²) in [5.41, 5.74) is 5.95. The van der Waals surface area contributed by atoms with Crippen LogP contribution in [0.15, 0.2) is 40.8 Å². The van der Waals surface area contributed by atoms with E-state index in [1.807, 2.05) is 6.92 Å². The van der Waals surface area contributed by atoms with Gasteiger partial charge in [-0.25, -0.2) is 0 Å². The Hall–Kier alpha value is -2.70. The van der Waals surface area contributed by atoms with Crippen LogP contribution in [0.1, 0.15) is 33.4 Å². The summed E-state index contributed by atoms with van der Waals surface area (Å²) in [5, 5.41) is 1.33. The van der Waals surface area contributed by atoms with Gasteiger partial charge in [0, 0.05) is 16.0 Å². The Morgan fingerprint density at radius 1 is 1.07 bits per heavy atom. The first kappa shape index (κ1) is 19.1. The third-order valence-electron chi connectivity index (χ3n) is 3.89. The highest BCUT2D eigenvalue weighted by atomic mass is 35.5. The molecule has 27 heavy (non-hydrogen) atoms. The maximum absolute atomic E-state index is 12.4. The van der Waals surface area contributed by atoms with Crippen LogP contribution < -0.4 is 15.6 Å². The average molecular weight is 407 g/mol. The number of hydrogen-bond donors (Lipinski definition) is 2. The van der Waals surface area contributed by atoms with Gasteiger partial charge in [0.2, 0.25) is 0 Å². The van der Waals surface area contributed by atoms with Crippen LogP contribution in [0.25, 0.3) is 11.0 Å². The number of amides is 2. The molecule has 3 rings (SSSR count). The third-order valence-corrected chi connectivity index (χ3v) is 4.45. The molecule has 2 N–H and O–H groups in total. The highest BCUT2D eigenvalue weighted by Gasteiger charge is 2.19. The summed E-state index contributed by atoms with van der Waals surface area (Å²) in [5.74, 6) is -0.405. The van der Waals surface area contributed by atoms with E-state index in [9.17, 15) is 9.59 Å². The molecule has 0 aliphatic heterocycles. The van der Waals surface area contributed by atoms with Gasteiger partial charge in [0.25, 0.3) is 5.91 Å². The maximum atomic E-state index is 12.4. The summed E-state index contributed by atoms with van der Waals surface area (Å²) in [6.45, 7) is 4.18. The fourth-order valence-corrected chi connectivity index (χ4v) is 2.96. The average Bonchev–Trinajstić information content (AvgIpc) is 2.98. The van der Waals surface area contributed by atoms with Crippen molar-refractivity contribution in [1.29, 1.82) is 0 Å². The minimum absolute atomic E-state index is 0.0936. The van der Waals surface area contributed by atoms with Gasteiger partial charge in [0.1, 0.15) is 11.3 Å². The number of carbonyl (C=O) groups excluding carboxylic acids is 2. The number of ether oxygens (including phenoxy) is 1. The molecule has 8 heteroatoms. The van der Waals surface area contributed by atoms with Crippen molar-refractivity contribution >= 4 is 46.0 Å². The summed E-state index contributed by atoms with van der Waals surface area (Å²) >= 11 is 11.8. The van der Waals surface area contributed by atoms with Gasteiger partial charge in [0.05, 0.1) is 17.2 Å². The van der Waals surface area contributed by atoms with Crippen molar-refractivity contribution in [3.05, 3.63) is 63.3 Å². The van der Waals surface area contributed by atoms with E-state index in [-0.39, 0.29) is 16.3 Å². The SMILES string of the molecule is CCOc1ccc2oc(C(=O)NNC(=O)c3cc(Cl)ccc3Cl)c(C)c2c1. The van der Waals surface area contributed by atoms with Crippen LogP contribution in [-0.2, 0) is 0 Å². The van der Waals surface area contributed by atoms with Crippen molar-refractivity contribution in [3.63, 3.8) is 0 Å². The molecule has 1 heterocycles. The van der Waals surface area contributed by atoms with Crippen LogP contribution in [0, 0.1) is 6.92 Å². The van der Waals surface area contributed by atoms with Crippen molar-refractivity contribution in [2.45, 2.75) is 13.8 Å². The van der Waals surface area contributed by atoms with Gasteiger partial charge in [-0.3, -0.25) is 20.4 Å². The lowest BCUT2D eigenvalue weighted by Gasteiger charge is -2.08. The third kappa shape index (κ3) is 4.02. The standard InChI is InChI=1S/C19H16Cl2N2O4/c1-3-26-12-5-7-16-13(9-12)10(2)17(27-16)19(25)23-22-18(24)14-8-11(20)4-6-15(14)21/h4-9H,3H2,1-2H3,(H,22,24)(H,23,25). The van der Waals surface area contributed by atoms with E-state index in [0.29, 0.717) is 28.5 Å². The Bertz CT molecular complexity index is 1030. The second-order valence-corrected chi connectivity index (χ2v) is 6.52. The first-order valence-corrected chi connectivity index (χ1v) is 8.88. The second kappa shape index (κ2) is 7.90. The molecule has 0 bridgehead atoms. The molecule has 1 aromatic heterocycles. The van der Waals surface area contributed by atoms with E-state index in [0.717, 1.165) is 5.39 Å². The van der Waals surface area contributed by atoms with Gasteiger partial charge >= 0.3 is 5.91 Å². The second-order valence-electron chi connectivity index (χ2n) is 5.68. The molecule has 0 saturated heterocycles. The summed E-state index contributed by atoms with van der Waals surface area (Å²) < 4.78 is 11.1. The van der Waals surface area contributed by atoms with Crippen LogP contribution in [0.2, 0.25) is 10.0 Å². The number of nitrogens with one attached hydrogen (secondary N) is 2. The van der Waals surface area contributed by atoms with Crippen LogP contribution >= 0.6 is 23.2 Å². The number of fused-ring (bicyclic) bond motifs is 1. The topological polar surface area (TPSA) is 80.6 Å². The van der Waals surface area contributed by atoms with Crippen molar-refractivity contribution in [2.75, 3.05) is 6.61 Å². The van der Waals surface area contributed by atoms with E-state index >= 15 is 0 Å². The fraction of sp³-hybridized carbons (Fsp3) is 0.158. The van der Waals surface area contributed by atoms with Crippen LogP contribution in [-0.4, -0.2) is 18.4 Å². The number of benzene rings is 2. The minimum atomic E-state index is -0.594.